The lowest BCUT2D eigenvalue weighted by Crippen LogP contribution is -2.29. The molecule has 1 amide bonds. The number of benzene rings is 2. The molecular weight excluding hydrogens is 440 g/mol. The van der Waals surface area contributed by atoms with Crippen LogP contribution in [0.1, 0.15) is 28.8 Å². The van der Waals surface area contributed by atoms with Gasteiger partial charge in [0, 0.05) is 30.3 Å². The molecule has 0 spiro atoms. The number of carbonyl (C=O) groups is 1. The van der Waals surface area contributed by atoms with Crippen LogP contribution in [0.25, 0.3) is 11.3 Å². The van der Waals surface area contributed by atoms with Crippen molar-refractivity contribution in [3.8, 4) is 17.1 Å². The summed E-state index contributed by atoms with van der Waals surface area (Å²) >= 11 is 0. The molecule has 0 saturated carbocycles. The van der Waals surface area contributed by atoms with E-state index in [1.807, 2.05) is 37.3 Å². The minimum Gasteiger partial charge on any atom is -0.475 e. The van der Waals surface area contributed by atoms with Crippen molar-refractivity contribution in [1.29, 1.82) is 0 Å². The molecular formula is C24H26N4O4S. The second kappa shape index (κ2) is 10.1. The summed E-state index contributed by atoms with van der Waals surface area (Å²) in [6.07, 6.45) is 1.76. The van der Waals surface area contributed by atoms with Crippen molar-refractivity contribution in [2.75, 3.05) is 26.2 Å². The molecule has 1 aromatic heterocycles. The number of rotatable bonds is 8. The van der Waals surface area contributed by atoms with Crippen molar-refractivity contribution < 1.29 is 17.9 Å². The number of carbonyl (C=O) groups excluding carboxylic acids is 1. The van der Waals surface area contributed by atoms with E-state index in [2.05, 4.69) is 15.5 Å². The molecule has 1 N–H and O–H groups in total. The average molecular weight is 467 g/mol. The number of aryl methyl sites for hydroxylation is 1. The predicted molar refractivity (Wildman–Crippen MR) is 124 cm³/mol. The first kappa shape index (κ1) is 22.9. The van der Waals surface area contributed by atoms with Gasteiger partial charge in [-0.2, -0.15) is 4.31 Å². The van der Waals surface area contributed by atoms with Gasteiger partial charge in [0.05, 0.1) is 17.1 Å². The first-order valence-corrected chi connectivity index (χ1v) is 12.3. The zero-order chi connectivity index (χ0) is 23.3. The molecule has 1 fully saturated rings. The molecule has 1 aliphatic heterocycles. The van der Waals surface area contributed by atoms with Crippen molar-refractivity contribution in [3.63, 3.8) is 0 Å². The standard InChI is InChI=1S/C24H26N4O4S/c1-18-4-6-19(7-5-18)22-12-13-23(27-26-22)32-17-14-25-24(29)20-8-10-21(11-9-20)33(30,31)28-15-2-3-16-28/h4-13H,2-3,14-17H2,1H3,(H,25,29). The van der Waals surface area contributed by atoms with E-state index < -0.39 is 10.0 Å². The molecule has 4 rings (SSSR count). The maximum absolute atomic E-state index is 12.6. The Labute approximate surface area is 193 Å². The molecule has 172 valence electrons. The normalized spacial score (nSPS) is 14.2. The Hall–Kier alpha value is -3.30. The highest BCUT2D eigenvalue weighted by Gasteiger charge is 2.27. The Bertz CT molecular complexity index is 1190. The Morgan fingerprint density at radius 3 is 2.30 bits per heavy atom. The van der Waals surface area contributed by atoms with Crippen LogP contribution in [0.2, 0.25) is 0 Å². The van der Waals surface area contributed by atoms with E-state index in [0.29, 0.717) is 24.5 Å². The van der Waals surface area contributed by atoms with E-state index in [4.69, 9.17) is 4.74 Å². The highest BCUT2D eigenvalue weighted by Crippen LogP contribution is 2.21. The smallest absolute Gasteiger partial charge is 0.251 e. The highest BCUT2D eigenvalue weighted by atomic mass is 32.2. The number of nitrogens with zero attached hydrogens (tertiary/aromatic N) is 3. The molecule has 0 bridgehead atoms. The fourth-order valence-corrected chi connectivity index (χ4v) is 5.07. The third kappa shape index (κ3) is 5.55. The van der Waals surface area contributed by atoms with E-state index in [0.717, 1.165) is 24.1 Å². The third-order valence-corrected chi connectivity index (χ3v) is 7.36. The average Bonchev–Trinajstić information content (AvgIpc) is 3.39. The van der Waals surface area contributed by atoms with E-state index in [9.17, 15) is 13.2 Å². The van der Waals surface area contributed by atoms with Crippen LogP contribution in [-0.2, 0) is 10.0 Å². The summed E-state index contributed by atoms with van der Waals surface area (Å²) in [4.78, 5) is 12.5. The zero-order valence-corrected chi connectivity index (χ0v) is 19.2. The maximum Gasteiger partial charge on any atom is 0.251 e. The SMILES string of the molecule is Cc1ccc(-c2ccc(OCCNC(=O)c3ccc(S(=O)(=O)N4CCCC4)cc3)nn2)cc1. The first-order chi connectivity index (χ1) is 15.9. The van der Waals surface area contributed by atoms with Crippen molar-refractivity contribution in [2.45, 2.75) is 24.7 Å². The molecule has 8 nitrogen and oxygen atoms in total. The summed E-state index contributed by atoms with van der Waals surface area (Å²) in [5.74, 6) is 0.0705. The van der Waals surface area contributed by atoms with Gasteiger partial charge in [0.2, 0.25) is 15.9 Å². The van der Waals surface area contributed by atoms with Crippen LogP contribution in [0.5, 0.6) is 5.88 Å². The molecule has 1 aliphatic rings. The summed E-state index contributed by atoms with van der Waals surface area (Å²) < 4.78 is 32.2. The van der Waals surface area contributed by atoms with E-state index in [-0.39, 0.29) is 24.0 Å². The molecule has 1 saturated heterocycles. The molecule has 3 aromatic rings. The summed E-state index contributed by atoms with van der Waals surface area (Å²) in [6.45, 7) is 3.62. The van der Waals surface area contributed by atoms with Crippen LogP contribution < -0.4 is 10.1 Å². The fraction of sp³-hybridized carbons (Fsp3) is 0.292. The molecule has 0 atom stereocenters. The maximum atomic E-state index is 12.6. The third-order valence-electron chi connectivity index (χ3n) is 5.44. The number of hydrogen-bond donors (Lipinski definition) is 1. The van der Waals surface area contributed by atoms with Crippen molar-refractivity contribution in [3.05, 3.63) is 71.8 Å². The number of hydrogen-bond acceptors (Lipinski definition) is 6. The monoisotopic (exact) mass is 466 g/mol. The van der Waals surface area contributed by atoms with Gasteiger partial charge in [-0.3, -0.25) is 4.79 Å². The number of sulfonamides is 1. The van der Waals surface area contributed by atoms with Gasteiger partial charge in [-0.25, -0.2) is 8.42 Å². The Morgan fingerprint density at radius 2 is 1.67 bits per heavy atom. The van der Waals surface area contributed by atoms with Gasteiger partial charge in [-0.05, 0) is 50.1 Å². The minimum atomic E-state index is -3.49. The van der Waals surface area contributed by atoms with E-state index in [1.165, 1.54) is 34.1 Å². The summed E-state index contributed by atoms with van der Waals surface area (Å²) in [7, 11) is -3.49. The molecule has 0 aliphatic carbocycles. The van der Waals surface area contributed by atoms with Crippen LogP contribution in [0.3, 0.4) is 0 Å². The number of ether oxygens (including phenoxy) is 1. The first-order valence-electron chi connectivity index (χ1n) is 10.9. The largest absolute Gasteiger partial charge is 0.475 e. The minimum absolute atomic E-state index is 0.206. The molecule has 0 unspecified atom stereocenters. The number of aromatic nitrogens is 2. The van der Waals surface area contributed by atoms with E-state index >= 15 is 0 Å². The van der Waals surface area contributed by atoms with Gasteiger partial charge in [0.25, 0.3) is 5.91 Å². The quantitative estimate of drug-likeness (QED) is 0.512. The lowest BCUT2D eigenvalue weighted by molar-refractivity contribution is 0.0946. The second-order valence-corrected chi connectivity index (χ2v) is 9.80. The fourth-order valence-electron chi connectivity index (χ4n) is 3.55. The molecule has 2 heterocycles. The molecule has 9 heteroatoms. The Morgan fingerprint density at radius 1 is 0.970 bits per heavy atom. The summed E-state index contributed by atoms with van der Waals surface area (Å²) in [5, 5.41) is 11.0. The van der Waals surface area contributed by atoms with Gasteiger partial charge in [-0.15, -0.1) is 10.2 Å². The van der Waals surface area contributed by atoms with Crippen LogP contribution >= 0.6 is 0 Å². The van der Waals surface area contributed by atoms with Crippen molar-refractivity contribution in [1.82, 2.24) is 19.8 Å². The Balaban J connectivity index is 1.25. The molecule has 33 heavy (non-hydrogen) atoms. The number of amides is 1. The topological polar surface area (TPSA) is 101 Å². The number of nitrogens with one attached hydrogen (secondary N) is 1. The predicted octanol–water partition coefficient (Wildman–Crippen LogP) is 3.05. The zero-order valence-electron chi connectivity index (χ0n) is 18.4. The van der Waals surface area contributed by atoms with Gasteiger partial charge in [0.15, 0.2) is 0 Å². The van der Waals surface area contributed by atoms with Crippen molar-refractivity contribution in [2.24, 2.45) is 0 Å². The summed E-state index contributed by atoms with van der Waals surface area (Å²) in [5.41, 5.74) is 3.30. The van der Waals surface area contributed by atoms with Crippen molar-refractivity contribution >= 4 is 15.9 Å². The van der Waals surface area contributed by atoms with Crippen LogP contribution in [0.15, 0.2) is 65.6 Å². The summed E-state index contributed by atoms with van der Waals surface area (Å²) in [6, 6.07) is 17.6. The Kier molecular flexibility index (Phi) is 7.00. The van der Waals surface area contributed by atoms with Gasteiger partial charge >= 0.3 is 0 Å². The van der Waals surface area contributed by atoms with Crippen LogP contribution in [0.4, 0.5) is 0 Å². The van der Waals surface area contributed by atoms with Crippen LogP contribution in [-0.4, -0.2) is 55.1 Å². The lowest BCUT2D eigenvalue weighted by Gasteiger charge is -2.15. The van der Waals surface area contributed by atoms with E-state index in [1.54, 1.807) is 6.07 Å². The molecule has 2 aromatic carbocycles. The second-order valence-electron chi connectivity index (χ2n) is 7.86. The lowest BCUT2D eigenvalue weighted by atomic mass is 10.1. The highest BCUT2D eigenvalue weighted by molar-refractivity contribution is 7.89. The van der Waals surface area contributed by atoms with Gasteiger partial charge < -0.3 is 10.1 Å². The van der Waals surface area contributed by atoms with Gasteiger partial charge in [-0.1, -0.05) is 29.8 Å². The molecule has 0 radical (unpaired) electrons. The van der Waals surface area contributed by atoms with Gasteiger partial charge in [0.1, 0.15) is 6.61 Å². The van der Waals surface area contributed by atoms with Crippen LogP contribution in [0, 0.1) is 6.92 Å².